The maximum absolute atomic E-state index is 14.1. The molecule has 5 heterocycles. The highest BCUT2D eigenvalue weighted by Crippen LogP contribution is 2.75. The smallest absolute Gasteiger partial charge is 0.339 e. The summed E-state index contributed by atoms with van der Waals surface area (Å²) in [5.41, 5.74) is -3.97. The van der Waals surface area contributed by atoms with Crippen molar-refractivity contribution in [2.75, 3.05) is 0 Å². The van der Waals surface area contributed by atoms with Gasteiger partial charge >= 0.3 is 11.9 Å². The van der Waals surface area contributed by atoms with E-state index < -0.39 is 81.8 Å². The molecule has 0 aromatic carbocycles. The van der Waals surface area contributed by atoms with Crippen molar-refractivity contribution >= 4 is 17.7 Å². The maximum Gasteiger partial charge on any atom is 0.339 e. The van der Waals surface area contributed by atoms with Crippen LogP contribution in [0.15, 0.2) is 23.5 Å². The Morgan fingerprint density at radius 3 is 2.51 bits per heavy atom. The van der Waals surface area contributed by atoms with E-state index in [0.717, 1.165) is 0 Å². The lowest BCUT2D eigenvalue weighted by molar-refractivity contribution is -0.277. The molecule has 6 fully saturated rings. The molecule has 0 aromatic rings. The van der Waals surface area contributed by atoms with Crippen LogP contribution in [0.1, 0.15) is 60.3 Å². The molecule has 7 aliphatic rings. The van der Waals surface area contributed by atoms with Gasteiger partial charge in [0.05, 0.1) is 24.0 Å². The molecule has 2 spiro atoms. The monoisotopic (exact) mass is 544 g/mol. The second-order valence-electron chi connectivity index (χ2n) is 13.7. The topological polar surface area (TPSA) is 149 Å². The molecule has 2 saturated carbocycles. The fourth-order valence-corrected chi connectivity index (χ4v) is 9.74. The summed E-state index contributed by atoms with van der Waals surface area (Å²) in [6, 6.07) is 0. The quantitative estimate of drug-likeness (QED) is 0.434. The summed E-state index contributed by atoms with van der Waals surface area (Å²) in [6.45, 7) is 9.31. The van der Waals surface area contributed by atoms with E-state index in [0.29, 0.717) is 17.8 Å². The van der Waals surface area contributed by atoms with Gasteiger partial charge < -0.3 is 34.3 Å². The summed E-state index contributed by atoms with van der Waals surface area (Å²) in [6.07, 6.45) is 0.723. The SMILES string of the molecule is CC1=CC(=C[C@@H](C)[C@@H]2[C@H]3[C@]2(C)CC[C@@]24O[C@@]3(O)C(=O)[C@@H]2[C@@H](O)C[C@H]2C(C)(C)O[C@@H]3CC(=O)O[C@@]32[C@H]4O)OC1=O. The summed E-state index contributed by atoms with van der Waals surface area (Å²) in [4.78, 5) is 38.5. The Morgan fingerprint density at radius 1 is 1.13 bits per heavy atom. The number of cyclic esters (lactones) is 1. The molecule has 3 N–H and O–H groups in total. The van der Waals surface area contributed by atoms with Crippen LogP contribution in [0.25, 0.3) is 0 Å². The predicted molar refractivity (Wildman–Crippen MR) is 131 cm³/mol. The Kier molecular flexibility index (Phi) is 4.89. The zero-order valence-electron chi connectivity index (χ0n) is 22.8. The zero-order chi connectivity index (χ0) is 28.1. The molecule has 4 saturated heterocycles. The van der Waals surface area contributed by atoms with Crippen molar-refractivity contribution < 1.29 is 48.7 Å². The number of carbonyl (C=O) groups excluding carboxylic acids is 3. The van der Waals surface area contributed by atoms with Crippen LogP contribution in [0.3, 0.4) is 0 Å². The highest BCUT2D eigenvalue weighted by molar-refractivity contribution is 5.93. The third-order valence-corrected chi connectivity index (χ3v) is 11.3. The third kappa shape index (κ3) is 2.92. The number of esters is 2. The first kappa shape index (κ1) is 25.8. The van der Waals surface area contributed by atoms with Gasteiger partial charge in [-0.25, -0.2) is 4.79 Å². The second-order valence-corrected chi connectivity index (χ2v) is 13.7. The Morgan fingerprint density at radius 2 is 1.85 bits per heavy atom. The van der Waals surface area contributed by atoms with Crippen LogP contribution in [0, 0.1) is 35.0 Å². The summed E-state index contributed by atoms with van der Waals surface area (Å²) in [5.74, 6) is -6.01. The van der Waals surface area contributed by atoms with Gasteiger partial charge in [-0.05, 0) is 69.4 Å². The average molecular weight is 545 g/mol. The molecular weight excluding hydrogens is 508 g/mol. The number of hydrogen-bond donors (Lipinski definition) is 3. The number of ether oxygens (including phenoxy) is 4. The standard InChI is InChI=1S/C29H36O10/c1-12(8-14-9-13(2)23(33)36-14)19-21-26(19,5)6-7-27-20(22(32)29(21,35)39-27)15(30)10-16-25(3,4)37-17-11-18(31)38-28(16,17)24(27)34/h8-9,12,15-17,19-21,24,30,34-35H,6-7,10-11H2,1-5H3/t12-,15+,16+,17-,19-,20+,21+,24+,26-,27-,28-,29-/m1/s1. The van der Waals surface area contributed by atoms with Gasteiger partial charge in [0.15, 0.2) is 5.60 Å². The highest BCUT2D eigenvalue weighted by atomic mass is 16.7. The van der Waals surface area contributed by atoms with Crippen molar-refractivity contribution in [1.82, 2.24) is 0 Å². The lowest BCUT2D eigenvalue weighted by Crippen LogP contribution is -2.64. The minimum atomic E-state index is -2.23. The summed E-state index contributed by atoms with van der Waals surface area (Å²) in [7, 11) is 0. The van der Waals surface area contributed by atoms with Crippen LogP contribution in [0.4, 0.5) is 0 Å². The molecule has 212 valence electrons. The van der Waals surface area contributed by atoms with Crippen molar-refractivity contribution in [3.63, 3.8) is 0 Å². The summed E-state index contributed by atoms with van der Waals surface area (Å²) < 4.78 is 23.9. The number of aliphatic hydroxyl groups is 3. The van der Waals surface area contributed by atoms with Crippen molar-refractivity contribution in [3.05, 3.63) is 23.5 Å². The van der Waals surface area contributed by atoms with Gasteiger partial charge in [0.1, 0.15) is 23.6 Å². The molecule has 5 aliphatic heterocycles. The first-order valence-corrected chi connectivity index (χ1v) is 14.0. The third-order valence-electron chi connectivity index (χ3n) is 11.3. The average Bonchev–Trinajstić information content (AvgIpc) is 2.94. The van der Waals surface area contributed by atoms with Crippen molar-refractivity contribution in [2.24, 2.45) is 35.0 Å². The molecule has 0 radical (unpaired) electrons. The number of fused-ring (bicyclic) bond motifs is 3. The molecule has 0 amide bonds. The Hall–Kier alpha value is -2.11. The first-order valence-electron chi connectivity index (χ1n) is 14.0. The van der Waals surface area contributed by atoms with Crippen LogP contribution in [0.5, 0.6) is 0 Å². The highest BCUT2D eigenvalue weighted by Gasteiger charge is 2.85. The van der Waals surface area contributed by atoms with Gasteiger partial charge in [0.2, 0.25) is 11.6 Å². The number of carbonyl (C=O) groups is 3. The van der Waals surface area contributed by atoms with Crippen LogP contribution < -0.4 is 0 Å². The van der Waals surface area contributed by atoms with Gasteiger partial charge in [-0.15, -0.1) is 0 Å². The predicted octanol–water partition coefficient (Wildman–Crippen LogP) is 1.30. The van der Waals surface area contributed by atoms with E-state index in [2.05, 4.69) is 0 Å². The molecule has 10 heteroatoms. The molecule has 39 heavy (non-hydrogen) atoms. The molecule has 7 rings (SSSR count). The molecule has 12 atom stereocenters. The van der Waals surface area contributed by atoms with Crippen LogP contribution in [-0.2, 0) is 33.3 Å². The Balaban J connectivity index is 1.28. The molecule has 2 bridgehead atoms. The number of allylic oxidation sites excluding steroid dienone is 2. The van der Waals surface area contributed by atoms with Crippen LogP contribution in [-0.4, -0.2) is 73.9 Å². The molecule has 0 aromatic heterocycles. The number of aliphatic hydroxyl groups excluding tert-OH is 2. The maximum atomic E-state index is 14.1. The fourth-order valence-electron chi connectivity index (χ4n) is 9.74. The van der Waals surface area contributed by atoms with Crippen molar-refractivity contribution in [1.29, 1.82) is 0 Å². The Bertz CT molecular complexity index is 1270. The van der Waals surface area contributed by atoms with E-state index in [1.807, 2.05) is 33.8 Å². The fraction of sp³-hybridized carbons (Fsp3) is 0.759. The molecule has 0 unspecified atom stereocenters. The minimum Gasteiger partial charge on any atom is -0.453 e. The normalized spacial score (nSPS) is 54.6. The summed E-state index contributed by atoms with van der Waals surface area (Å²) in [5, 5.41) is 35.8. The van der Waals surface area contributed by atoms with E-state index >= 15 is 0 Å². The van der Waals surface area contributed by atoms with Gasteiger partial charge in [0, 0.05) is 17.4 Å². The van der Waals surface area contributed by atoms with E-state index in [4.69, 9.17) is 18.9 Å². The van der Waals surface area contributed by atoms with E-state index in [1.165, 1.54) is 0 Å². The first-order chi connectivity index (χ1) is 18.1. The zero-order valence-corrected chi connectivity index (χ0v) is 22.8. The van der Waals surface area contributed by atoms with Gasteiger partial charge in [0.25, 0.3) is 0 Å². The number of hydrogen-bond acceptors (Lipinski definition) is 10. The van der Waals surface area contributed by atoms with Gasteiger partial charge in [-0.1, -0.05) is 13.8 Å². The van der Waals surface area contributed by atoms with Crippen LogP contribution in [0.2, 0.25) is 0 Å². The molecular formula is C29H36O10. The number of ketones is 1. The van der Waals surface area contributed by atoms with Gasteiger partial charge in [-0.2, -0.15) is 0 Å². The lowest BCUT2D eigenvalue weighted by atomic mass is 9.67. The largest absolute Gasteiger partial charge is 0.453 e. The minimum absolute atomic E-state index is 0.0425. The van der Waals surface area contributed by atoms with E-state index in [9.17, 15) is 29.7 Å². The van der Waals surface area contributed by atoms with Crippen molar-refractivity contribution in [3.8, 4) is 0 Å². The lowest BCUT2D eigenvalue weighted by Gasteiger charge is -2.45. The molecule has 2 aliphatic carbocycles. The number of rotatable bonds is 2. The van der Waals surface area contributed by atoms with E-state index in [-0.39, 0.29) is 31.1 Å². The Labute approximate surface area is 226 Å². The summed E-state index contributed by atoms with van der Waals surface area (Å²) >= 11 is 0. The number of Topliss-reactive ketones (excluding diaryl/α,β-unsaturated/α-hetero) is 1. The van der Waals surface area contributed by atoms with Crippen LogP contribution >= 0.6 is 0 Å². The van der Waals surface area contributed by atoms with Crippen molar-refractivity contribution in [2.45, 2.75) is 101 Å². The molecule has 10 nitrogen and oxygen atoms in total. The second kappa shape index (κ2) is 7.39. The van der Waals surface area contributed by atoms with Gasteiger partial charge in [-0.3, -0.25) is 9.59 Å². The van der Waals surface area contributed by atoms with E-state index in [1.54, 1.807) is 13.0 Å².